The van der Waals surface area contributed by atoms with Crippen molar-refractivity contribution >= 4 is 12.0 Å². The summed E-state index contributed by atoms with van der Waals surface area (Å²) < 4.78 is 0. The van der Waals surface area contributed by atoms with Crippen molar-refractivity contribution in [3.05, 3.63) is 12.2 Å². The number of carbonyl (C=O) groups is 2. The first-order valence-corrected chi connectivity index (χ1v) is 6.11. The summed E-state index contributed by atoms with van der Waals surface area (Å²) in [5.41, 5.74) is 0.383. The largest absolute Gasteiger partial charge is 0.481 e. The number of nitrogens with zero attached hydrogens (tertiary/aromatic N) is 1. The van der Waals surface area contributed by atoms with Crippen LogP contribution in [0.25, 0.3) is 0 Å². The van der Waals surface area contributed by atoms with Gasteiger partial charge in [0.25, 0.3) is 0 Å². The lowest BCUT2D eigenvalue weighted by Gasteiger charge is -2.30. The second-order valence-corrected chi connectivity index (χ2v) is 5.18. The number of urea groups is 1. The Labute approximate surface area is 109 Å². The zero-order valence-corrected chi connectivity index (χ0v) is 11.7. The van der Waals surface area contributed by atoms with Gasteiger partial charge >= 0.3 is 12.0 Å². The van der Waals surface area contributed by atoms with Gasteiger partial charge in [0.2, 0.25) is 0 Å². The summed E-state index contributed by atoms with van der Waals surface area (Å²) in [6, 6.07) is -0.184. The highest BCUT2D eigenvalue weighted by Gasteiger charge is 2.23. The molecular formula is C13H24N2O3. The van der Waals surface area contributed by atoms with Gasteiger partial charge in [0.15, 0.2) is 0 Å². The molecule has 0 aliphatic heterocycles. The van der Waals surface area contributed by atoms with Crippen LogP contribution in [-0.4, -0.2) is 40.6 Å². The molecule has 0 aliphatic rings. The van der Waals surface area contributed by atoms with Crippen LogP contribution in [0.2, 0.25) is 0 Å². The molecule has 0 saturated carbocycles. The summed E-state index contributed by atoms with van der Waals surface area (Å²) >= 11 is 0. The predicted octanol–water partition coefficient (Wildman–Crippen LogP) is 2.24. The molecule has 0 heterocycles. The monoisotopic (exact) mass is 256 g/mol. The minimum Gasteiger partial charge on any atom is -0.481 e. The average molecular weight is 256 g/mol. The molecule has 2 N–H and O–H groups in total. The Hall–Kier alpha value is -1.52. The van der Waals surface area contributed by atoms with Crippen molar-refractivity contribution in [1.29, 1.82) is 0 Å². The Bertz CT molecular complexity index is 324. The number of amides is 2. The van der Waals surface area contributed by atoms with Crippen molar-refractivity contribution in [2.75, 3.05) is 13.1 Å². The van der Waals surface area contributed by atoms with Crippen molar-refractivity contribution in [3.8, 4) is 0 Å². The van der Waals surface area contributed by atoms with Crippen LogP contribution in [0.1, 0.15) is 40.5 Å². The molecule has 0 unspecified atom stereocenters. The van der Waals surface area contributed by atoms with E-state index in [0.29, 0.717) is 19.5 Å². The SMILES string of the molecule is C=C(C)CN(CC)C(=O)NC(C)(C)CCC(=O)O. The standard InChI is InChI=1S/C13H24N2O3/c1-6-15(9-10(2)3)12(18)14-13(4,5)8-7-11(16)17/h2,6-9H2,1,3-5H3,(H,14,18)(H,16,17). The van der Waals surface area contributed by atoms with Gasteiger partial charge in [0.1, 0.15) is 0 Å². The van der Waals surface area contributed by atoms with E-state index in [1.165, 1.54) is 0 Å². The third kappa shape index (κ3) is 6.93. The topological polar surface area (TPSA) is 69.6 Å². The van der Waals surface area contributed by atoms with Crippen molar-refractivity contribution < 1.29 is 14.7 Å². The maximum Gasteiger partial charge on any atom is 0.318 e. The van der Waals surface area contributed by atoms with Crippen molar-refractivity contribution in [3.63, 3.8) is 0 Å². The molecule has 0 spiro atoms. The zero-order valence-electron chi connectivity index (χ0n) is 11.7. The predicted molar refractivity (Wildman–Crippen MR) is 71.5 cm³/mol. The van der Waals surface area contributed by atoms with Crippen LogP contribution >= 0.6 is 0 Å². The van der Waals surface area contributed by atoms with E-state index in [-0.39, 0.29) is 12.5 Å². The van der Waals surface area contributed by atoms with E-state index in [0.717, 1.165) is 5.57 Å². The number of likely N-dealkylation sites (N-methyl/N-ethyl adjacent to an activating group) is 1. The third-order valence-electron chi connectivity index (χ3n) is 2.54. The maximum atomic E-state index is 12.0. The number of hydrogen-bond acceptors (Lipinski definition) is 2. The number of carboxylic acids is 1. The quantitative estimate of drug-likeness (QED) is 0.686. The molecule has 0 fully saturated rings. The van der Waals surface area contributed by atoms with Crippen molar-refractivity contribution in [2.45, 2.75) is 46.1 Å². The Balaban J connectivity index is 4.41. The molecule has 0 saturated heterocycles. The van der Waals surface area contributed by atoms with Crippen LogP contribution < -0.4 is 5.32 Å². The van der Waals surface area contributed by atoms with E-state index in [9.17, 15) is 9.59 Å². The highest BCUT2D eigenvalue weighted by Crippen LogP contribution is 2.12. The zero-order chi connectivity index (χ0) is 14.3. The molecule has 0 aromatic rings. The molecule has 5 heteroatoms. The molecule has 104 valence electrons. The minimum atomic E-state index is -0.855. The summed E-state index contributed by atoms with van der Waals surface area (Å²) in [6.07, 6.45) is 0.443. The first kappa shape index (κ1) is 16.5. The number of carbonyl (C=O) groups excluding carboxylic acids is 1. The second kappa shape index (κ2) is 7.03. The molecule has 5 nitrogen and oxygen atoms in total. The Morgan fingerprint density at radius 3 is 2.33 bits per heavy atom. The number of rotatable bonds is 7. The van der Waals surface area contributed by atoms with Crippen molar-refractivity contribution in [2.24, 2.45) is 0 Å². The van der Waals surface area contributed by atoms with Crippen LogP contribution in [0.4, 0.5) is 4.79 Å². The number of aliphatic carboxylic acids is 1. The van der Waals surface area contributed by atoms with Crippen LogP contribution in [0.3, 0.4) is 0 Å². The Kier molecular flexibility index (Phi) is 6.44. The summed E-state index contributed by atoms with van der Waals surface area (Å²) in [4.78, 5) is 24.2. The van der Waals surface area contributed by atoms with E-state index < -0.39 is 11.5 Å². The van der Waals surface area contributed by atoms with Gasteiger partial charge in [-0.25, -0.2) is 4.79 Å². The molecule has 18 heavy (non-hydrogen) atoms. The molecule has 0 atom stereocenters. The van der Waals surface area contributed by atoms with E-state index in [1.807, 2.05) is 27.7 Å². The number of carboxylic acid groups (broad SMARTS) is 1. The van der Waals surface area contributed by atoms with Crippen LogP contribution in [0.5, 0.6) is 0 Å². The summed E-state index contributed by atoms with van der Waals surface area (Å²) in [6.45, 7) is 12.3. The van der Waals surface area contributed by atoms with E-state index >= 15 is 0 Å². The van der Waals surface area contributed by atoms with Gasteiger partial charge in [-0.2, -0.15) is 0 Å². The summed E-state index contributed by atoms with van der Waals surface area (Å²) in [7, 11) is 0. The van der Waals surface area contributed by atoms with E-state index in [1.54, 1.807) is 4.90 Å². The first-order chi connectivity index (χ1) is 8.18. The molecule has 0 aromatic heterocycles. The van der Waals surface area contributed by atoms with Gasteiger partial charge in [0.05, 0.1) is 0 Å². The molecule has 0 bridgehead atoms. The number of nitrogens with one attached hydrogen (secondary N) is 1. The number of hydrogen-bond donors (Lipinski definition) is 2. The molecule has 0 radical (unpaired) electrons. The van der Waals surface area contributed by atoms with E-state index in [2.05, 4.69) is 11.9 Å². The summed E-state index contributed by atoms with van der Waals surface area (Å²) in [5.74, 6) is -0.855. The molecule has 0 aliphatic carbocycles. The van der Waals surface area contributed by atoms with E-state index in [4.69, 9.17) is 5.11 Å². The van der Waals surface area contributed by atoms with Gasteiger partial charge in [-0.1, -0.05) is 12.2 Å². The fraction of sp³-hybridized carbons (Fsp3) is 0.692. The Morgan fingerprint density at radius 2 is 1.94 bits per heavy atom. The summed E-state index contributed by atoms with van der Waals surface area (Å²) in [5, 5.41) is 11.5. The highest BCUT2D eigenvalue weighted by atomic mass is 16.4. The highest BCUT2D eigenvalue weighted by molar-refractivity contribution is 5.75. The second-order valence-electron chi connectivity index (χ2n) is 5.18. The van der Waals surface area contributed by atoms with Gasteiger partial charge in [-0.15, -0.1) is 0 Å². The molecule has 0 rings (SSSR count). The smallest absolute Gasteiger partial charge is 0.318 e. The first-order valence-electron chi connectivity index (χ1n) is 6.11. The van der Waals surface area contributed by atoms with Gasteiger partial charge in [-0.3, -0.25) is 4.79 Å². The maximum absolute atomic E-state index is 12.0. The van der Waals surface area contributed by atoms with Gasteiger partial charge in [0, 0.05) is 25.0 Å². The fourth-order valence-electron chi connectivity index (χ4n) is 1.50. The minimum absolute atomic E-state index is 0.0416. The van der Waals surface area contributed by atoms with Crippen LogP contribution in [-0.2, 0) is 4.79 Å². The third-order valence-corrected chi connectivity index (χ3v) is 2.54. The lowest BCUT2D eigenvalue weighted by atomic mass is 9.99. The average Bonchev–Trinajstić information content (AvgIpc) is 2.22. The van der Waals surface area contributed by atoms with Crippen LogP contribution in [0.15, 0.2) is 12.2 Å². The normalized spacial score (nSPS) is 10.9. The van der Waals surface area contributed by atoms with Crippen LogP contribution in [0, 0.1) is 0 Å². The molecule has 2 amide bonds. The Morgan fingerprint density at radius 1 is 1.39 bits per heavy atom. The van der Waals surface area contributed by atoms with Gasteiger partial charge < -0.3 is 15.3 Å². The van der Waals surface area contributed by atoms with Gasteiger partial charge in [-0.05, 0) is 34.1 Å². The molecular weight excluding hydrogens is 232 g/mol. The lowest BCUT2D eigenvalue weighted by molar-refractivity contribution is -0.137. The lowest BCUT2D eigenvalue weighted by Crippen LogP contribution is -2.50. The fourth-order valence-corrected chi connectivity index (χ4v) is 1.50. The van der Waals surface area contributed by atoms with Crippen molar-refractivity contribution in [1.82, 2.24) is 10.2 Å². The molecule has 0 aromatic carbocycles.